The summed E-state index contributed by atoms with van der Waals surface area (Å²) in [7, 11) is 0. The summed E-state index contributed by atoms with van der Waals surface area (Å²) in [5.41, 5.74) is 3.02. The molecule has 2 aromatic rings. The van der Waals surface area contributed by atoms with E-state index in [0.29, 0.717) is 5.69 Å². The number of para-hydroxylation sites is 1. The molecule has 0 spiro atoms. The van der Waals surface area contributed by atoms with Gasteiger partial charge in [0, 0.05) is 28.6 Å². The predicted octanol–water partition coefficient (Wildman–Crippen LogP) is 3.86. The number of rotatable bonds is 3. The second-order valence-corrected chi connectivity index (χ2v) is 6.10. The number of hydrogen-bond donors (Lipinski definition) is 1. The zero-order valence-corrected chi connectivity index (χ0v) is 13.9. The zero-order chi connectivity index (χ0) is 16.2. The van der Waals surface area contributed by atoms with Gasteiger partial charge in [-0.1, -0.05) is 34.1 Å². The van der Waals surface area contributed by atoms with Crippen molar-refractivity contribution in [3.8, 4) is 6.07 Å². The highest BCUT2D eigenvalue weighted by Gasteiger charge is 2.19. The van der Waals surface area contributed by atoms with Crippen LogP contribution in [0.4, 0.5) is 11.4 Å². The topological polar surface area (TPSA) is 56.1 Å². The molecule has 0 atom stereocenters. The molecule has 3 rings (SSSR count). The Labute approximate surface area is 143 Å². The van der Waals surface area contributed by atoms with E-state index in [2.05, 4.69) is 27.3 Å². The van der Waals surface area contributed by atoms with E-state index in [1.54, 1.807) is 18.3 Å². The summed E-state index contributed by atoms with van der Waals surface area (Å²) >= 11 is 3.34. The molecule has 1 N–H and O–H groups in total. The van der Waals surface area contributed by atoms with Gasteiger partial charge in [-0.25, -0.2) is 0 Å². The predicted molar refractivity (Wildman–Crippen MR) is 94.0 cm³/mol. The Hall–Kier alpha value is -2.58. The monoisotopic (exact) mass is 367 g/mol. The van der Waals surface area contributed by atoms with Crippen molar-refractivity contribution in [2.24, 2.45) is 0 Å². The molecule has 23 heavy (non-hydrogen) atoms. The normalized spacial score (nSPS) is 13.4. The molecule has 2 aromatic carbocycles. The van der Waals surface area contributed by atoms with Gasteiger partial charge >= 0.3 is 0 Å². The van der Waals surface area contributed by atoms with Crippen LogP contribution in [0.3, 0.4) is 0 Å². The van der Waals surface area contributed by atoms with Crippen molar-refractivity contribution in [1.29, 1.82) is 5.26 Å². The molecule has 1 heterocycles. The number of carbonyl (C=O) groups excluding carboxylic acids is 1. The fourth-order valence-electron chi connectivity index (χ4n) is 2.52. The van der Waals surface area contributed by atoms with Gasteiger partial charge in [0.15, 0.2) is 0 Å². The Kier molecular flexibility index (Phi) is 4.45. The van der Waals surface area contributed by atoms with Crippen LogP contribution in [-0.4, -0.2) is 12.5 Å². The van der Waals surface area contributed by atoms with Crippen LogP contribution >= 0.6 is 15.9 Å². The van der Waals surface area contributed by atoms with Crippen molar-refractivity contribution in [2.75, 3.05) is 16.8 Å². The average Bonchev–Trinajstić information content (AvgIpc) is 2.97. The minimum absolute atomic E-state index is 0.0876. The highest BCUT2D eigenvalue weighted by atomic mass is 79.9. The van der Waals surface area contributed by atoms with Gasteiger partial charge in [0.2, 0.25) is 0 Å². The van der Waals surface area contributed by atoms with Crippen LogP contribution < -0.4 is 10.2 Å². The van der Waals surface area contributed by atoms with Crippen molar-refractivity contribution in [2.45, 2.75) is 6.42 Å². The number of fused-ring (bicyclic) bond motifs is 1. The highest BCUT2D eigenvalue weighted by Crippen LogP contribution is 2.28. The van der Waals surface area contributed by atoms with Crippen molar-refractivity contribution in [3.05, 3.63) is 70.3 Å². The number of nitriles is 1. The summed E-state index contributed by atoms with van der Waals surface area (Å²) in [5.74, 6) is -0.404. The maximum Gasteiger partial charge on any atom is 0.267 e. The molecular formula is C18H14BrN3O. The van der Waals surface area contributed by atoms with Crippen molar-refractivity contribution >= 4 is 33.2 Å². The Bertz CT molecular complexity index is 806. The lowest BCUT2D eigenvalue weighted by Gasteiger charge is -2.14. The molecule has 0 saturated carbocycles. The fraction of sp³-hybridized carbons (Fsp3) is 0.111. The molecule has 1 amide bonds. The Morgan fingerprint density at radius 1 is 1.22 bits per heavy atom. The van der Waals surface area contributed by atoms with Crippen molar-refractivity contribution in [1.82, 2.24) is 0 Å². The van der Waals surface area contributed by atoms with Crippen LogP contribution in [0.5, 0.6) is 0 Å². The molecule has 114 valence electrons. The molecule has 5 heteroatoms. The lowest BCUT2D eigenvalue weighted by molar-refractivity contribution is -0.112. The third kappa shape index (κ3) is 3.43. The third-order valence-electron chi connectivity index (χ3n) is 3.68. The first-order valence-electron chi connectivity index (χ1n) is 7.21. The number of halogens is 1. The summed E-state index contributed by atoms with van der Waals surface area (Å²) < 4.78 is 0.931. The second kappa shape index (κ2) is 6.67. The maximum atomic E-state index is 12.3. The zero-order valence-electron chi connectivity index (χ0n) is 12.3. The number of amides is 1. The number of nitrogens with one attached hydrogen (secondary N) is 1. The quantitative estimate of drug-likeness (QED) is 0.661. The third-order valence-corrected chi connectivity index (χ3v) is 4.20. The molecule has 1 aliphatic heterocycles. The number of benzene rings is 2. The van der Waals surface area contributed by atoms with Crippen molar-refractivity contribution < 1.29 is 4.79 Å². The van der Waals surface area contributed by atoms with Gasteiger partial charge in [0.05, 0.1) is 0 Å². The first-order chi connectivity index (χ1) is 11.2. The van der Waals surface area contributed by atoms with Gasteiger partial charge in [-0.2, -0.15) is 5.26 Å². The van der Waals surface area contributed by atoms with Gasteiger partial charge in [0.25, 0.3) is 5.91 Å². The van der Waals surface area contributed by atoms with Gasteiger partial charge in [-0.05, 0) is 42.3 Å². The average molecular weight is 368 g/mol. The molecule has 4 nitrogen and oxygen atoms in total. The van der Waals surface area contributed by atoms with Crippen molar-refractivity contribution in [3.63, 3.8) is 0 Å². The summed E-state index contributed by atoms with van der Waals surface area (Å²) in [6.45, 7) is 0.774. The first-order valence-corrected chi connectivity index (χ1v) is 8.00. The molecule has 0 unspecified atom stereocenters. The minimum atomic E-state index is -0.404. The van der Waals surface area contributed by atoms with E-state index in [4.69, 9.17) is 0 Å². The lowest BCUT2D eigenvalue weighted by Crippen LogP contribution is -2.19. The summed E-state index contributed by atoms with van der Waals surface area (Å²) in [5, 5.41) is 12.1. The summed E-state index contributed by atoms with van der Waals surface area (Å²) in [6.07, 6.45) is 2.54. The van der Waals surface area contributed by atoms with E-state index < -0.39 is 5.91 Å². The maximum absolute atomic E-state index is 12.3. The Balaban J connectivity index is 1.79. The SMILES string of the molecule is N#C/C(=C/N1CCc2ccccc21)C(=O)Nc1ccc(Br)cc1. The van der Waals surface area contributed by atoms with Gasteiger partial charge in [-0.3, -0.25) is 4.79 Å². The minimum Gasteiger partial charge on any atom is -0.346 e. The van der Waals surface area contributed by atoms with Gasteiger partial charge in [-0.15, -0.1) is 0 Å². The molecule has 0 bridgehead atoms. The van der Waals surface area contributed by atoms with E-state index in [9.17, 15) is 10.1 Å². The van der Waals surface area contributed by atoms with E-state index >= 15 is 0 Å². The Morgan fingerprint density at radius 3 is 2.70 bits per heavy atom. The highest BCUT2D eigenvalue weighted by molar-refractivity contribution is 9.10. The molecule has 0 fully saturated rings. The number of nitrogens with zero attached hydrogens (tertiary/aromatic N) is 2. The second-order valence-electron chi connectivity index (χ2n) is 5.19. The molecule has 0 saturated heterocycles. The number of hydrogen-bond acceptors (Lipinski definition) is 3. The molecule has 0 radical (unpaired) electrons. The van der Waals surface area contributed by atoms with Crippen LogP contribution in [0.15, 0.2) is 64.8 Å². The Morgan fingerprint density at radius 2 is 1.96 bits per heavy atom. The largest absolute Gasteiger partial charge is 0.346 e. The van der Waals surface area contributed by atoms with Gasteiger partial charge in [0.1, 0.15) is 11.6 Å². The van der Waals surface area contributed by atoms with Crippen LogP contribution in [0.2, 0.25) is 0 Å². The van der Waals surface area contributed by atoms with E-state index in [1.807, 2.05) is 41.3 Å². The molecule has 1 aliphatic rings. The fourth-order valence-corrected chi connectivity index (χ4v) is 2.79. The summed E-state index contributed by atoms with van der Waals surface area (Å²) in [6, 6.07) is 17.2. The number of anilines is 2. The smallest absolute Gasteiger partial charge is 0.267 e. The van der Waals surface area contributed by atoms with Gasteiger partial charge < -0.3 is 10.2 Å². The van der Waals surface area contributed by atoms with Crippen LogP contribution in [0, 0.1) is 11.3 Å². The van der Waals surface area contributed by atoms with Crippen LogP contribution in [0.1, 0.15) is 5.56 Å². The van der Waals surface area contributed by atoms with E-state index in [1.165, 1.54) is 5.56 Å². The molecule has 0 aromatic heterocycles. The number of carbonyl (C=O) groups is 1. The summed E-state index contributed by atoms with van der Waals surface area (Å²) in [4.78, 5) is 14.2. The van der Waals surface area contributed by atoms with Crippen LogP contribution in [0.25, 0.3) is 0 Å². The van der Waals surface area contributed by atoms with E-state index in [0.717, 1.165) is 23.1 Å². The standard InChI is InChI=1S/C18H14BrN3O/c19-15-5-7-16(8-6-15)21-18(23)14(11-20)12-22-10-9-13-3-1-2-4-17(13)22/h1-8,12H,9-10H2,(H,21,23)/b14-12-. The molecular weight excluding hydrogens is 354 g/mol. The lowest BCUT2D eigenvalue weighted by atomic mass is 10.2. The molecule has 0 aliphatic carbocycles. The van der Waals surface area contributed by atoms with Crippen LogP contribution in [-0.2, 0) is 11.2 Å². The first kappa shape index (κ1) is 15.3. The van der Waals surface area contributed by atoms with E-state index in [-0.39, 0.29) is 5.57 Å².